The largest absolute Gasteiger partial charge is 0.401 e. The maximum absolute atomic E-state index is 12.6. The van der Waals surface area contributed by atoms with Gasteiger partial charge in [0.1, 0.15) is 0 Å². The fourth-order valence-electron chi connectivity index (χ4n) is 2.26. The van der Waals surface area contributed by atoms with E-state index < -0.39 is 12.7 Å². The molecule has 0 radical (unpaired) electrons. The molecule has 0 bridgehead atoms. The van der Waals surface area contributed by atoms with E-state index in [0.29, 0.717) is 12.6 Å². The molecule has 1 aliphatic carbocycles. The molecule has 1 rings (SSSR count). The van der Waals surface area contributed by atoms with E-state index in [4.69, 9.17) is 0 Å². The van der Waals surface area contributed by atoms with Crippen molar-refractivity contribution >= 4 is 0 Å². The zero-order valence-corrected chi connectivity index (χ0v) is 11.6. The SMILES string of the molecule is CCCC(CNC(C)C)N(CC(F)(F)F)C1CC1. The van der Waals surface area contributed by atoms with Crippen LogP contribution >= 0.6 is 0 Å². The maximum Gasteiger partial charge on any atom is 0.401 e. The molecule has 0 aromatic heterocycles. The van der Waals surface area contributed by atoms with Crippen molar-refractivity contribution in [2.24, 2.45) is 0 Å². The number of alkyl halides is 3. The Labute approximate surface area is 108 Å². The summed E-state index contributed by atoms with van der Waals surface area (Å²) < 4.78 is 37.9. The Morgan fingerprint density at radius 3 is 2.28 bits per heavy atom. The molecule has 1 aliphatic rings. The van der Waals surface area contributed by atoms with Crippen LogP contribution in [0.4, 0.5) is 13.2 Å². The number of hydrogen-bond donors (Lipinski definition) is 1. The van der Waals surface area contributed by atoms with Crippen LogP contribution < -0.4 is 5.32 Å². The lowest BCUT2D eigenvalue weighted by molar-refractivity contribution is -0.152. The van der Waals surface area contributed by atoms with Gasteiger partial charge in [-0.2, -0.15) is 13.2 Å². The molecule has 0 spiro atoms. The van der Waals surface area contributed by atoms with Crippen molar-refractivity contribution in [3.8, 4) is 0 Å². The first-order valence-electron chi connectivity index (χ1n) is 6.89. The summed E-state index contributed by atoms with van der Waals surface area (Å²) in [6, 6.07) is 0.472. The second-order valence-electron chi connectivity index (χ2n) is 5.52. The summed E-state index contributed by atoms with van der Waals surface area (Å²) in [6.45, 7) is 5.96. The summed E-state index contributed by atoms with van der Waals surface area (Å²) in [4.78, 5) is 1.67. The lowest BCUT2D eigenvalue weighted by Crippen LogP contribution is -2.48. The number of halogens is 3. The molecule has 1 unspecified atom stereocenters. The fourth-order valence-corrected chi connectivity index (χ4v) is 2.26. The molecule has 0 amide bonds. The molecule has 1 atom stereocenters. The third-order valence-corrected chi connectivity index (χ3v) is 3.23. The Morgan fingerprint density at radius 1 is 1.28 bits per heavy atom. The minimum atomic E-state index is -4.09. The van der Waals surface area contributed by atoms with Crippen LogP contribution in [0.1, 0.15) is 46.5 Å². The van der Waals surface area contributed by atoms with Crippen molar-refractivity contribution in [3.05, 3.63) is 0 Å². The predicted octanol–water partition coefficient (Wildman–Crippen LogP) is 3.18. The average Bonchev–Trinajstić information content (AvgIpc) is 3.03. The monoisotopic (exact) mass is 266 g/mol. The summed E-state index contributed by atoms with van der Waals surface area (Å²) in [7, 11) is 0. The van der Waals surface area contributed by atoms with Gasteiger partial charge in [0.05, 0.1) is 6.54 Å². The van der Waals surface area contributed by atoms with E-state index in [1.165, 1.54) is 0 Å². The highest BCUT2D eigenvalue weighted by atomic mass is 19.4. The highest BCUT2D eigenvalue weighted by molar-refractivity contribution is 4.90. The van der Waals surface area contributed by atoms with E-state index >= 15 is 0 Å². The molecule has 1 N–H and O–H groups in total. The Kier molecular flexibility index (Phi) is 5.92. The van der Waals surface area contributed by atoms with Gasteiger partial charge in [-0.25, -0.2) is 0 Å². The number of rotatable bonds is 8. The molecule has 0 heterocycles. The minimum absolute atomic E-state index is 0.00604. The average molecular weight is 266 g/mol. The van der Waals surface area contributed by atoms with E-state index in [2.05, 4.69) is 5.32 Å². The highest BCUT2D eigenvalue weighted by Crippen LogP contribution is 2.32. The summed E-state index contributed by atoms with van der Waals surface area (Å²) >= 11 is 0. The molecule has 2 nitrogen and oxygen atoms in total. The quantitative estimate of drug-likeness (QED) is 0.726. The van der Waals surface area contributed by atoms with Crippen LogP contribution in [0.15, 0.2) is 0 Å². The van der Waals surface area contributed by atoms with Gasteiger partial charge in [-0.3, -0.25) is 4.90 Å². The summed E-state index contributed by atoms with van der Waals surface area (Å²) in [5, 5.41) is 3.27. The van der Waals surface area contributed by atoms with Gasteiger partial charge in [0.25, 0.3) is 0 Å². The predicted molar refractivity (Wildman–Crippen MR) is 67.6 cm³/mol. The van der Waals surface area contributed by atoms with Gasteiger partial charge < -0.3 is 5.32 Å². The highest BCUT2D eigenvalue weighted by Gasteiger charge is 2.40. The second kappa shape index (κ2) is 6.75. The number of hydrogen-bond acceptors (Lipinski definition) is 2. The smallest absolute Gasteiger partial charge is 0.313 e. The van der Waals surface area contributed by atoms with Crippen LogP contribution in [-0.2, 0) is 0 Å². The molecule has 0 aliphatic heterocycles. The van der Waals surface area contributed by atoms with Gasteiger partial charge in [-0.05, 0) is 19.3 Å². The second-order valence-corrected chi connectivity index (χ2v) is 5.52. The van der Waals surface area contributed by atoms with Gasteiger partial charge in [0.2, 0.25) is 0 Å². The van der Waals surface area contributed by atoms with Crippen molar-refractivity contribution in [3.63, 3.8) is 0 Å². The van der Waals surface area contributed by atoms with Crippen LogP contribution in [0.5, 0.6) is 0 Å². The van der Waals surface area contributed by atoms with Crippen molar-refractivity contribution in [1.29, 1.82) is 0 Å². The number of nitrogens with one attached hydrogen (secondary N) is 1. The molecular formula is C13H25F3N2. The molecule has 18 heavy (non-hydrogen) atoms. The molecule has 1 fully saturated rings. The molecule has 0 aromatic rings. The molecule has 1 saturated carbocycles. The topological polar surface area (TPSA) is 15.3 Å². The summed E-state index contributed by atoms with van der Waals surface area (Å²) in [5.74, 6) is 0. The van der Waals surface area contributed by atoms with Gasteiger partial charge in [-0.1, -0.05) is 27.2 Å². The fraction of sp³-hybridized carbons (Fsp3) is 1.00. The normalized spacial score (nSPS) is 18.7. The van der Waals surface area contributed by atoms with E-state index in [0.717, 1.165) is 25.7 Å². The van der Waals surface area contributed by atoms with E-state index in [-0.39, 0.29) is 12.1 Å². The van der Waals surface area contributed by atoms with E-state index in [1.54, 1.807) is 4.90 Å². The molecule has 5 heteroatoms. The Morgan fingerprint density at radius 2 is 1.89 bits per heavy atom. The molecule has 0 saturated heterocycles. The van der Waals surface area contributed by atoms with E-state index in [1.807, 2.05) is 20.8 Å². The minimum Gasteiger partial charge on any atom is -0.313 e. The molecular weight excluding hydrogens is 241 g/mol. The third-order valence-electron chi connectivity index (χ3n) is 3.23. The van der Waals surface area contributed by atoms with Crippen molar-refractivity contribution < 1.29 is 13.2 Å². The zero-order chi connectivity index (χ0) is 13.8. The molecule has 0 aromatic carbocycles. The van der Waals surface area contributed by atoms with Gasteiger partial charge in [-0.15, -0.1) is 0 Å². The van der Waals surface area contributed by atoms with Crippen LogP contribution in [0.25, 0.3) is 0 Å². The summed E-state index contributed by atoms with van der Waals surface area (Å²) in [6.07, 6.45) is -0.514. The van der Waals surface area contributed by atoms with Crippen molar-refractivity contribution in [2.45, 2.75) is 70.8 Å². The first-order valence-corrected chi connectivity index (χ1v) is 6.89. The first kappa shape index (κ1) is 15.8. The van der Waals surface area contributed by atoms with Crippen molar-refractivity contribution in [1.82, 2.24) is 10.2 Å². The Balaban J connectivity index is 2.59. The van der Waals surface area contributed by atoms with Crippen LogP contribution in [0.2, 0.25) is 0 Å². The Hall–Kier alpha value is -0.290. The Bertz CT molecular complexity index is 237. The first-order chi connectivity index (χ1) is 8.33. The van der Waals surface area contributed by atoms with Crippen LogP contribution in [-0.4, -0.2) is 42.3 Å². The van der Waals surface area contributed by atoms with Gasteiger partial charge in [0.15, 0.2) is 0 Å². The maximum atomic E-state index is 12.6. The number of nitrogens with zero attached hydrogens (tertiary/aromatic N) is 1. The molecule has 108 valence electrons. The lowest BCUT2D eigenvalue weighted by Gasteiger charge is -2.33. The van der Waals surface area contributed by atoms with E-state index in [9.17, 15) is 13.2 Å². The van der Waals surface area contributed by atoms with Gasteiger partial charge >= 0.3 is 6.18 Å². The van der Waals surface area contributed by atoms with Crippen LogP contribution in [0.3, 0.4) is 0 Å². The lowest BCUT2D eigenvalue weighted by atomic mass is 10.1. The van der Waals surface area contributed by atoms with Crippen molar-refractivity contribution in [2.75, 3.05) is 13.1 Å². The van der Waals surface area contributed by atoms with Gasteiger partial charge in [0, 0.05) is 24.7 Å². The standard InChI is InChI=1S/C13H25F3N2/c1-4-5-12(8-17-10(2)3)18(11-6-7-11)9-13(14,15)16/h10-12,17H,4-9H2,1-3H3. The zero-order valence-electron chi connectivity index (χ0n) is 11.6. The van der Waals surface area contributed by atoms with Crippen LogP contribution in [0, 0.1) is 0 Å². The third kappa shape index (κ3) is 6.05. The summed E-state index contributed by atoms with van der Waals surface area (Å²) in [5.41, 5.74) is 0.